The van der Waals surface area contributed by atoms with E-state index in [4.69, 9.17) is 5.10 Å². The number of pyridine rings is 1. The van der Waals surface area contributed by atoms with E-state index < -0.39 is 18.2 Å². The molecule has 2 aromatic heterocycles. The van der Waals surface area contributed by atoms with E-state index in [2.05, 4.69) is 4.98 Å². The van der Waals surface area contributed by atoms with E-state index in [1.54, 1.807) is 9.58 Å². The van der Waals surface area contributed by atoms with Crippen molar-refractivity contribution >= 4 is 22.7 Å². The van der Waals surface area contributed by atoms with Crippen molar-refractivity contribution in [2.45, 2.75) is 43.8 Å². The molecule has 5 rings (SSSR count). The Labute approximate surface area is 172 Å². The first-order chi connectivity index (χ1) is 14.6. The summed E-state index contributed by atoms with van der Waals surface area (Å²) in [7, 11) is 0. The van der Waals surface area contributed by atoms with Crippen molar-refractivity contribution in [3.8, 4) is 5.69 Å². The van der Waals surface area contributed by atoms with Gasteiger partial charge in [-0.15, -0.1) is 0 Å². The number of benzene rings is 1. The van der Waals surface area contributed by atoms with Crippen molar-refractivity contribution in [2.75, 3.05) is 18.1 Å². The molecule has 0 spiro atoms. The highest BCUT2D eigenvalue weighted by Gasteiger charge is 2.36. The van der Waals surface area contributed by atoms with E-state index in [9.17, 15) is 19.4 Å². The number of carbonyl (C=O) groups is 1. The van der Waals surface area contributed by atoms with Crippen LogP contribution in [0, 0.1) is 0 Å². The fourth-order valence-corrected chi connectivity index (χ4v) is 4.50. The summed E-state index contributed by atoms with van der Waals surface area (Å²) >= 11 is 0. The minimum absolute atomic E-state index is 0.115. The molecule has 0 amide bonds. The number of fused-ring (bicyclic) bond motifs is 1. The molecule has 3 aromatic rings. The number of carboxylic acids is 1. The number of hydrogen-bond donors (Lipinski definition) is 2. The number of alkyl halides is 1. The maximum atomic E-state index is 14.3. The summed E-state index contributed by atoms with van der Waals surface area (Å²) in [5, 5.41) is 25.1. The highest BCUT2D eigenvalue weighted by molar-refractivity contribution is 5.98. The minimum Gasteiger partial charge on any atom is -0.477 e. The Morgan fingerprint density at radius 1 is 1.23 bits per heavy atom. The molecule has 7 nitrogen and oxygen atoms in total. The third kappa shape index (κ3) is 3.02. The summed E-state index contributed by atoms with van der Waals surface area (Å²) in [6.07, 6.45) is 2.28. The fourth-order valence-electron chi connectivity index (χ4n) is 4.50. The first-order valence-electron chi connectivity index (χ1n) is 10.3. The molecule has 30 heavy (non-hydrogen) atoms. The monoisotopic (exact) mass is 410 g/mol. The zero-order valence-corrected chi connectivity index (χ0v) is 16.4. The van der Waals surface area contributed by atoms with Gasteiger partial charge in [-0.25, -0.2) is 18.9 Å². The predicted molar refractivity (Wildman–Crippen MR) is 110 cm³/mol. The molecule has 1 aliphatic heterocycles. The van der Waals surface area contributed by atoms with Gasteiger partial charge in [-0.1, -0.05) is 24.6 Å². The van der Waals surface area contributed by atoms with Gasteiger partial charge in [0.05, 0.1) is 35.1 Å². The molecular weight excluding hydrogens is 387 g/mol. The number of hydrogen-bond acceptors (Lipinski definition) is 5. The second-order valence-electron chi connectivity index (χ2n) is 8.11. The van der Waals surface area contributed by atoms with Crippen LogP contribution < -0.4 is 4.90 Å². The Kier molecular flexibility index (Phi) is 4.66. The standard InChI is InChI=1S/C22H23FN4O3/c23-14-9-16(12-28)26(11-14)18-10-17(22(29)30)24-21-19(18)20(13-5-4-6-13)25-27(21)15-7-2-1-3-8-15/h1-3,7-8,10,13-14,16,28H,4-6,9,11-12H2,(H,29,30)/t14-,16-/m0/s1. The molecule has 1 aromatic carbocycles. The van der Waals surface area contributed by atoms with Crippen LogP contribution in [-0.4, -0.2) is 56.3 Å². The van der Waals surface area contributed by atoms with Crippen molar-refractivity contribution in [3.63, 3.8) is 0 Å². The van der Waals surface area contributed by atoms with Gasteiger partial charge in [0.2, 0.25) is 0 Å². The van der Waals surface area contributed by atoms with Gasteiger partial charge in [0.1, 0.15) is 6.17 Å². The number of para-hydroxylation sites is 1. The first-order valence-corrected chi connectivity index (χ1v) is 10.3. The minimum atomic E-state index is -1.15. The van der Waals surface area contributed by atoms with Crippen LogP contribution in [0.1, 0.15) is 47.8 Å². The fraction of sp³-hybridized carbons (Fsp3) is 0.409. The summed E-state index contributed by atoms with van der Waals surface area (Å²) in [5.41, 5.74) is 2.60. The number of aromatic nitrogens is 3. The van der Waals surface area contributed by atoms with Gasteiger partial charge >= 0.3 is 5.97 Å². The number of rotatable bonds is 5. The van der Waals surface area contributed by atoms with Gasteiger partial charge in [0.15, 0.2) is 11.3 Å². The smallest absolute Gasteiger partial charge is 0.354 e. The predicted octanol–water partition coefficient (Wildman–Crippen LogP) is 3.30. The first kappa shape index (κ1) is 19.0. The normalized spacial score (nSPS) is 21.9. The van der Waals surface area contributed by atoms with Crippen LogP contribution >= 0.6 is 0 Å². The zero-order valence-electron chi connectivity index (χ0n) is 16.4. The molecule has 2 atom stereocenters. The van der Waals surface area contributed by atoms with Crippen LogP contribution in [0.15, 0.2) is 36.4 Å². The quantitative estimate of drug-likeness (QED) is 0.671. The van der Waals surface area contributed by atoms with Crippen molar-refractivity contribution in [1.29, 1.82) is 0 Å². The number of anilines is 1. The molecule has 8 heteroatoms. The zero-order chi connectivity index (χ0) is 20.8. The number of aliphatic hydroxyl groups is 1. The second kappa shape index (κ2) is 7.36. The van der Waals surface area contributed by atoms with Gasteiger partial charge in [-0.3, -0.25) is 0 Å². The Morgan fingerprint density at radius 2 is 2.00 bits per heavy atom. The number of aromatic carboxylic acids is 1. The van der Waals surface area contributed by atoms with Crippen LogP contribution in [-0.2, 0) is 0 Å². The van der Waals surface area contributed by atoms with Crippen molar-refractivity contribution in [1.82, 2.24) is 14.8 Å². The molecule has 1 saturated heterocycles. The molecular formula is C22H23FN4O3. The second-order valence-corrected chi connectivity index (χ2v) is 8.11. The Balaban J connectivity index is 1.80. The number of nitrogens with zero attached hydrogens (tertiary/aromatic N) is 4. The lowest BCUT2D eigenvalue weighted by atomic mass is 9.82. The lowest BCUT2D eigenvalue weighted by molar-refractivity contribution is 0.0691. The lowest BCUT2D eigenvalue weighted by Gasteiger charge is -2.28. The van der Waals surface area contributed by atoms with E-state index in [1.165, 1.54) is 6.07 Å². The molecule has 0 bridgehead atoms. The van der Waals surface area contributed by atoms with E-state index in [-0.39, 0.29) is 31.2 Å². The number of aliphatic hydroxyl groups excluding tert-OH is 1. The van der Waals surface area contributed by atoms with Crippen molar-refractivity contribution in [3.05, 3.63) is 47.8 Å². The van der Waals surface area contributed by atoms with Gasteiger partial charge < -0.3 is 15.1 Å². The van der Waals surface area contributed by atoms with Crippen LogP contribution in [0.4, 0.5) is 10.1 Å². The molecule has 1 aliphatic carbocycles. The van der Waals surface area contributed by atoms with Gasteiger partial charge in [-0.2, -0.15) is 5.10 Å². The maximum absolute atomic E-state index is 14.3. The SMILES string of the molecule is O=C(O)c1cc(N2C[C@@H](F)C[C@H]2CO)c2c(C3CCC3)nn(-c3ccccc3)c2n1. The van der Waals surface area contributed by atoms with Gasteiger partial charge in [0, 0.05) is 18.9 Å². The summed E-state index contributed by atoms with van der Waals surface area (Å²) in [6.45, 7) is -0.0811. The van der Waals surface area contributed by atoms with E-state index in [1.807, 2.05) is 30.3 Å². The van der Waals surface area contributed by atoms with Gasteiger partial charge in [-0.05, 0) is 31.0 Å². The number of carboxylic acid groups (broad SMARTS) is 1. The summed E-state index contributed by atoms with van der Waals surface area (Å²) < 4.78 is 15.9. The van der Waals surface area contributed by atoms with Crippen molar-refractivity contribution in [2.24, 2.45) is 0 Å². The molecule has 2 fully saturated rings. The molecule has 2 aliphatic rings. The Morgan fingerprint density at radius 3 is 2.63 bits per heavy atom. The molecule has 156 valence electrons. The highest BCUT2D eigenvalue weighted by Crippen LogP contribution is 2.43. The Hall–Kier alpha value is -3.00. The third-order valence-electron chi connectivity index (χ3n) is 6.24. The van der Waals surface area contributed by atoms with E-state index in [0.717, 1.165) is 36.0 Å². The summed E-state index contributed by atoms with van der Waals surface area (Å²) in [4.78, 5) is 18.1. The van der Waals surface area contributed by atoms with Gasteiger partial charge in [0.25, 0.3) is 0 Å². The topological polar surface area (TPSA) is 91.5 Å². The average molecular weight is 410 g/mol. The molecule has 1 saturated carbocycles. The van der Waals surface area contributed by atoms with Crippen molar-refractivity contribution < 1.29 is 19.4 Å². The molecule has 2 N–H and O–H groups in total. The lowest BCUT2D eigenvalue weighted by Crippen LogP contribution is -2.32. The van der Waals surface area contributed by atoms with Crippen LogP contribution in [0.3, 0.4) is 0 Å². The molecule has 3 heterocycles. The summed E-state index contributed by atoms with van der Waals surface area (Å²) in [5.74, 6) is -0.884. The average Bonchev–Trinajstić information content (AvgIpc) is 3.27. The Bertz CT molecular complexity index is 1100. The maximum Gasteiger partial charge on any atom is 0.354 e. The molecule has 0 unspecified atom stereocenters. The van der Waals surface area contributed by atoms with E-state index >= 15 is 0 Å². The summed E-state index contributed by atoms with van der Waals surface area (Å²) in [6, 6.07) is 10.6. The largest absolute Gasteiger partial charge is 0.477 e. The number of halogens is 1. The van der Waals surface area contributed by atoms with E-state index in [0.29, 0.717) is 11.3 Å². The third-order valence-corrected chi connectivity index (χ3v) is 6.24. The van der Waals surface area contributed by atoms with Crippen LogP contribution in [0.5, 0.6) is 0 Å². The van der Waals surface area contributed by atoms with Crippen LogP contribution in [0.25, 0.3) is 16.7 Å². The van der Waals surface area contributed by atoms with Crippen LogP contribution in [0.2, 0.25) is 0 Å². The molecule has 0 radical (unpaired) electrons. The highest BCUT2D eigenvalue weighted by atomic mass is 19.1.